The van der Waals surface area contributed by atoms with E-state index in [0.29, 0.717) is 29.8 Å². The fourth-order valence-electron chi connectivity index (χ4n) is 2.86. The van der Waals surface area contributed by atoms with Crippen LogP contribution in [0.5, 0.6) is 0 Å². The molecule has 22 heavy (non-hydrogen) atoms. The Balaban J connectivity index is 1.55. The van der Waals surface area contributed by atoms with Gasteiger partial charge >= 0.3 is 0 Å². The minimum absolute atomic E-state index is 0.384. The number of rotatable bonds is 4. The molecule has 120 valence electrons. The number of H-pyrrole nitrogens is 1. The summed E-state index contributed by atoms with van der Waals surface area (Å²) in [5.41, 5.74) is 7.15. The zero-order valence-corrected chi connectivity index (χ0v) is 13.2. The third-order valence-electron chi connectivity index (χ3n) is 4.62. The van der Waals surface area contributed by atoms with Crippen LogP contribution in [0.25, 0.3) is 0 Å². The Morgan fingerprint density at radius 1 is 1.41 bits per heavy atom. The van der Waals surface area contributed by atoms with Crippen molar-refractivity contribution in [3.8, 4) is 0 Å². The molecule has 0 radical (unpaired) electrons. The van der Waals surface area contributed by atoms with Crippen LogP contribution >= 0.6 is 0 Å². The summed E-state index contributed by atoms with van der Waals surface area (Å²) in [5, 5.41) is 15.4. The summed E-state index contributed by atoms with van der Waals surface area (Å²) in [6, 6.07) is 1.98. The lowest BCUT2D eigenvalue weighted by Gasteiger charge is -2.34. The van der Waals surface area contributed by atoms with Gasteiger partial charge in [0.25, 0.3) is 0 Å². The lowest BCUT2D eigenvalue weighted by molar-refractivity contribution is 0.213. The number of nitrogens with zero attached hydrogens (tertiary/aromatic N) is 4. The van der Waals surface area contributed by atoms with Crippen molar-refractivity contribution in [1.29, 1.82) is 5.41 Å². The largest absolute Gasteiger partial charge is 0.387 e. The van der Waals surface area contributed by atoms with E-state index in [9.17, 15) is 0 Å². The summed E-state index contributed by atoms with van der Waals surface area (Å²) in [4.78, 5) is 8.69. The first-order valence-electron chi connectivity index (χ1n) is 8.01. The highest BCUT2D eigenvalue weighted by Gasteiger charge is 2.21. The van der Waals surface area contributed by atoms with Crippen LogP contribution in [0.2, 0.25) is 0 Å². The van der Waals surface area contributed by atoms with E-state index in [-0.39, 0.29) is 0 Å². The van der Waals surface area contributed by atoms with E-state index in [1.807, 2.05) is 6.07 Å². The fraction of sp³-hybridized carbons (Fsp3) is 0.667. The molecule has 2 aliphatic rings. The van der Waals surface area contributed by atoms with Crippen molar-refractivity contribution in [2.75, 3.05) is 33.2 Å². The predicted molar refractivity (Wildman–Crippen MR) is 87.9 cm³/mol. The predicted octanol–water partition coefficient (Wildman–Crippen LogP) is 1.28. The van der Waals surface area contributed by atoms with Gasteiger partial charge in [0.2, 0.25) is 0 Å². The van der Waals surface area contributed by atoms with Crippen LogP contribution in [-0.2, 0) is 0 Å². The van der Waals surface area contributed by atoms with Crippen molar-refractivity contribution in [3.05, 3.63) is 11.8 Å². The molecule has 4 N–H and O–H groups in total. The molecule has 0 atom stereocenters. The molecule has 7 nitrogen and oxygen atoms in total. The number of aliphatic imine (C=N–C) groups is 1. The molecule has 7 heteroatoms. The van der Waals surface area contributed by atoms with Crippen LogP contribution in [-0.4, -0.2) is 64.9 Å². The number of nitrogens with two attached hydrogens (primary N) is 1. The molecular weight excluding hydrogens is 278 g/mol. The molecule has 0 bridgehead atoms. The smallest absolute Gasteiger partial charge is 0.175 e. The van der Waals surface area contributed by atoms with Crippen LogP contribution < -0.4 is 5.73 Å². The van der Waals surface area contributed by atoms with Crippen molar-refractivity contribution >= 4 is 17.5 Å². The minimum atomic E-state index is 0.384. The monoisotopic (exact) mass is 303 g/mol. The van der Waals surface area contributed by atoms with E-state index in [1.54, 1.807) is 0 Å². The van der Waals surface area contributed by atoms with Crippen molar-refractivity contribution < 1.29 is 0 Å². The highest BCUT2D eigenvalue weighted by molar-refractivity contribution is 6.01. The lowest BCUT2D eigenvalue weighted by Crippen LogP contribution is -2.47. The standard InChI is InChI=1S/C15H25N7/c1-21-5-7-22(8-6-21)14(17)10-13(16)18-15-9-12(19-20-15)11-3-2-4-11/h9,11,17H,2-8,10H2,1H3,(H3,16,18,19,20). The second-order valence-electron chi connectivity index (χ2n) is 6.33. The first-order chi connectivity index (χ1) is 10.6. The average molecular weight is 303 g/mol. The Bertz CT molecular complexity index is 550. The molecule has 0 unspecified atom stereocenters. The lowest BCUT2D eigenvalue weighted by atomic mass is 9.83. The zero-order chi connectivity index (χ0) is 15.5. The van der Waals surface area contributed by atoms with E-state index < -0.39 is 0 Å². The van der Waals surface area contributed by atoms with Crippen molar-refractivity contribution in [2.24, 2.45) is 10.7 Å². The van der Waals surface area contributed by atoms with E-state index in [4.69, 9.17) is 11.1 Å². The topological polar surface area (TPSA) is 97.4 Å². The molecule has 3 rings (SSSR count). The second kappa shape index (κ2) is 6.48. The van der Waals surface area contributed by atoms with Crippen molar-refractivity contribution in [3.63, 3.8) is 0 Å². The van der Waals surface area contributed by atoms with Crippen LogP contribution in [0.4, 0.5) is 5.82 Å². The summed E-state index contributed by atoms with van der Waals surface area (Å²) < 4.78 is 0. The van der Waals surface area contributed by atoms with Crippen molar-refractivity contribution in [2.45, 2.75) is 31.6 Å². The summed E-state index contributed by atoms with van der Waals surface area (Å²) in [5.74, 6) is 2.24. The highest BCUT2D eigenvalue weighted by Crippen LogP contribution is 2.36. The van der Waals surface area contributed by atoms with Gasteiger partial charge in [-0.3, -0.25) is 10.5 Å². The highest BCUT2D eigenvalue weighted by atomic mass is 15.3. The molecule has 2 heterocycles. The number of hydrogen-bond donors (Lipinski definition) is 3. The van der Waals surface area contributed by atoms with Gasteiger partial charge in [0.05, 0.1) is 6.42 Å². The zero-order valence-electron chi connectivity index (χ0n) is 13.2. The molecule has 1 saturated heterocycles. The van der Waals surface area contributed by atoms with Gasteiger partial charge in [0, 0.05) is 43.9 Å². The van der Waals surface area contributed by atoms with Gasteiger partial charge in [-0.15, -0.1) is 0 Å². The fourth-order valence-corrected chi connectivity index (χ4v) is 2.86. The normalized spacial score (nSPS) is 21.0. The number of aromatic nitrogens is 2. The van der Waals surface area contributed by atoms with Crippen molar-refractivity contribution in [1.82, 2.24) is 20.0 Å². The van der Waals surface area contributed by atoms with Gasteiger partial charge in [0.1, 0.15) is 11.7 Å². The number of nitrogens with one attached hydrogen (secondary N) is 2. The molecule has 1 aromatic rings. The molecule has 0 aromatic carbocycles. The third kappa shape index (κ3) is 3.47. The average Bonchev–Trinajstić information content (AvgIpc) is 2.85. The maximum absolute atomic E-state index is 8.18. The third-order valence-corrected chi connectivity index (χ3v) is 4.62. The van der Waals surface area contributed by atoms with Gasteiger partial charge in [-0.25, -0.2) is 4.99 Å². The van der Waals surface area contributed by atoms with Gasteiger partial charge in [-0.1, -0.05) is 6.42 Å². The van der Waals surface area contributed by atoms with Crippen LogP contribution in [0.3, 0.4) is 0 Å². The summed E-state index contributed by atoms with van der Waals surface area (Å²) in [6.07, 6.45) is 4.14. The second-order valence-corrected chi connectivity index (χ2v) is 6.33. The van der Waals surface area contributed by atoms with Gasteiger partial charge in [-0.2, -0.15) is 5.10 Å². The Kier molecular flexibility index (Phi) is 4.42. The Labute approximate surface area is 131 Å². The summed E-state index contributed by atoms with van der Waals surface area (Å²) >= 11 is 0. The number of piperazine rings is 1. The van der Waals surface area contributed by atoms with Crippen LogP contribution in [0, 0.1) is 5.41 Å². The number of amidine groups is 2. The summed E-state index contributed by atoms with van der Waals surface area (Å²) in [6.45, 7) is 3.75. The molecule has 0 amide bonds. The van der Waals surface area contributed by atoms with Gasteiger partial charge in [0.15, 0.2) is 5.82 Å². The quantitative estimate of drug-likeness (QED) is 0.576. The van der Waals surface area contributed by atoms with Gasteiger partial charge < -0.3 is 15.5 Å². The number of hydrogen-bond acceptors (Lipinski definition) is 4. The SMILES string of the molecule is CN1CCN(C(=N)CC(N)=Nc2cc(C3CCC3)[nH]n2)CC1. The van der Waals surface area contributed by atoms with E-state index in [1.165, 1.54) is 19.3 Å². The molecule has 0 spiro atoms. The maximum Gasteiger partial charge on any atom is 0.175 e. The first kappa shape index (κ1) is 15.0. The van der Waals surface area contributed by atoms with Crippen LogP contribution in [0.15, 0.2) is 11.1 Å². The van der Waals surface area contributed by atoms with E-state index in [2.05, 4.69) is 32.0 Å². The van der Waals surface area contributed by atoms with E-state index >= 15 is 0 Å². The van der Waals surface area contributed by atoms with Gasteiger partial charge in [-0.05, 0) is 19.9 Å². The Hall–Kier alpha value is -1.89. The first-order valence-corrected chi connectivity index (χ1v) is 8.01. The number of aromatic amines is 1. The molecule has 1 aliphatic heterocycles. The minimum Gasteiger partial charge on any atom is -0.387 e. The number of likely N-dealkylation sites (N-methyl/N-ethyl adjacent to an activating group) is 1. The Morgan fingerprint density at radius 3 is 2.77 bits per heavy atom. The molecular formula is C15H25N7. The molecule has 2 fully saturated rings. The van der Waals surface area contributed by atoms with Crippen LogP contribution in [0.1, 0.15) is 37.3 Å². The summed E-state index contributed by atoms with van der Waals surface area (Å²) in [7, 11) is 2.11. The maximum atomic E-state index is 8.18. The molecule has 1 saturated carbocycles. The Morgan fingerprint density at radius 2 is 2.14 bits per heavy atom. The molecule has 1 aromatic heterocycles. The molecule has 1 aliphatic carbocycles. The van der Waals surface area contributed by atoms with E-state index in [0.717, 1.165) is 31.9 Å².